The Labute approximate surface area is 108 Å². The minimum atomic E-state index is -0.252. The molecule has 0 saturated carbocycles. The average Bonchev–Trinajstić information content (AvgIpc) is 2.71. The quantitative estimate of drug-likeness (QED) is 0.870. The molecule has 17 heavy (non-hydrogen) atoms. The first-order chi connectivity index (χ1) is 8.20. The van der Waals surface area contributed by atoms with E-state index >= 15 is 0 Å². The number of aromatic nitrogens is 2. The highest BCUT2D eigenvalue weighted by Crippen LogP contribution is 2.29. The van der Waals surface area contributed by atoms with Gasteiger partial charge in [0.25, 0.3) is 0 Å². The van der Waals surface area contributed by atoms with Crippen LogP contribution < -0.4 is 5.32 Å². The minimum absolute atomic E-state index is 0.0686. The Bertz CT molecular complexity index is 527. The molecule has 0 unspecified atom stereocenters. The third-order valence-corrected chi connectivity index (χ3v) is 3.23. The molecule has 2 heterocycles. The number of hydrogen-bond donors (Lipinski definition) is 1. The third kappa shape index (κ3) is 2.81. The summed E-state index contributed by atoms with van der Waals surface area (Å²) in [5.41, 5.74) is 1.78. The van der Waals surface area contributed by atoms with Crippen molar-refractivity contribution in [2.45, 2.75) is 6.92 Å². The van der Waals surface area contributed by atoms with Crippen LogP contribution >= 0.6 is 22.9 Å². The van der Waals surface area contributed by atoms with Crippen LogP contribution in [0.5, 0.6) is 0 Å². The van der Waals surface area contributed by atoms with Crippen LogP contribution in [-0.4, -0.2) is 21.8 Å². The largest absolute Gasteiger partial charge is 0.301 e. The van der Waals surface area contributed by atoms with E-state index in [1.54, 1.807) is 12.4 Å². The molecule has 0 radical (unpaired) electrons. The van der Waals surface area contributed by atoms with E-state index in [1.165, 1.54) is 11.3 Å². The molecule has 0 bridgehead atoms. The number of nitrogens with zero attached hydrogens (tertiary/aromatic N) is 2. The molecule has 1 amide bonds. The van der Waals surface area contributed by atoms with Crippen LogP contribution in [0.15, 0.2) is 24.5 Å². The maximum Gasteiger partial charge on any atom is 0.241 e. The fourth-order valence-corrected chi connectivity index (χ4v) is 2.29. The Morgan fingerprint density at radius 2 is 2.41 bits per heavy atom. The second kappa shape index (κ2) is 5.25. The number of pyridine rings is 1. The molecule has 0 aliphatic carbocycles. The molecule has 0 spiro atoms. The summed E-state index contributed by atoms with van der Waals surface area (Å²) < 4.78 is 0. The molecule has 0 fully saturated rings. The number of amides is 1. The van der Waals surface area contributed by atoms with Crippen LogP contribution in [0.1, 0.15) is 4.88 Å². The molecule has 0 aliphatic heterocycles. The number of alkyl halides is 1. The van der Waals surface area contributed by atoms with E-state index in [2.05, 4.69) is 15.3 Å². The van der Waals surface area contributed by atoms with E-state index in [0.29, 0.717) is 5.13 Å². The van der Waals surface area contributed by atoms with E-state index in [4.69, 9.17) is 11.6 Å². The molecule has 0 atom stereocenters. The Morgan fingerprint density at radius 1 is 1.59 bits per heavy atom. The second-order valence-electron chi connectivity index (χ2n) is 3.35. The highest BCUT2D eigenvalue weighted by atomic mass is 35.5. The lowest BCUT2D eigenvalue weighted by Crippen LogP contribution is -2.12. The van der Waals surface area contributed by atoms with E-state index < -0.39 is 0 Å². The Morgan fingerprint density at radius 3 is 3.06 bits per heavy atom. The first-order valence-corrected chi connectivity index (χ1v) is 6.29. The van der Waals surface area contributed by atoms with Crippen molar-refractivity contribution in [1.29, 1.82) is 0 Å². The molecule has 4 nitrogen and oxygen atoms in total. The number of thiazole rings is 1. The maximum atomic E-state index is 11.1. The van der Waals surface area contributed by atoms with Crippen molar-refractivity contribution in [2.75, 3.05) is 11.2 Å². The van der Waals surface area contributed by atoms with Gasteiger partial charge in [0.05, 0.1) is 5.69 Å². The molecule has 2 aromatic heterocycles. The van der Waals surface area contributed by atoms with Gasteiger partial charge in [0, 0.05) is 22.8 Å². The van der Waals surface area contributed by atoms with Gasteiger partial charge >= 0.3 is 0 Å². The Hall–Kier alpha value is -1.46. The highest BCUT2D eigenvalue weighted by Gasteiger charge is 2.11. The summed E-state index contributed by atoms with van der Waals surface area (Å²) in [6, 6.07) is 3.79. The van der Waals surface area contributed by atoms with Gasteiger partial charge in [-0.15, -0.1) is 22.9 Å². The summed E-state index contributed by atoms with van der Waals surface area (Å²) in [6.07, 6.45) is 3.45. The van der Waals surface area contributed by atoms with Crippen molar-refractivity contribution in [3.05, 3.63) is 29.4 Å². The van der Waals surface area contributed by atoms with Crippen LogP contribution in [0.3, 0.4) is 0 Å². The SMILES string of the molecule is Cc1sc(NC(=O)CCl)nc1-c1cccnc1. The molecule has 0 aromatic carbocycles. The van der Waals surface area contributed by atoms with Gasteiger partial charge in [0.2, 0.25) is 5.91 Å². The third-order valence-electron chi connectivity index (χ3n) is 2.10. The summed E-state index contributed by atoms with van der Waals surface area (Å²) in [4.78, 5) is 20.6. The molecule has 88 valence electrons. The number of carbonyl (C=O) groups is 1. The second-order valence-corrected chi connectivity index (χ2v) is 4.82. The first-order valence-electron chi connectivity index (χ1n) is 4.94. The van der Waals surface area contributed by atoms with Crippen LogP contribution in [0.2, 0.25) is 0 Å². The number of rotatable bonds is 3. The van der Waals surface area contributed by atoms with Crippen LogP contribution in [0, 0.1) is 6.92 Å². The summed E-state index contributed by atoms with van der Waals surface area (Å²) in [5.74, 6) is -0.320. The van der Waals surface area contributed by atoms with E-state index in [9.17, 15) is 4.79 Å². The van der Waals surface area contributed by atoms with Gasteiger partial charge in [0.1, 0.15) is 5.88 Å². The fourth-order valence-electron chi connectivity index (χ4n) is 1.37. The minimum Gasteiger partial charge on any atom is -0.301 e. The van der Waals surface area contributed by atoms with Crippen molar-refractivity contribution >= 4 is 34.0 Å². The van der Waals surface area contributed by atoms with E-state index in [0.717, 1.165) is 16.1 Å². The van der Waals surface area contributed by atoms with Crippen molar-refractivity contribution in [3.8, 4) is 11.3 Å². The molecule has 0 aliphatic rings. The van der Waals surface area contributed by atoms with Gasteiger partial charge in [0.15, 0.2) is 5.13 Å². The summed E-state index contributed by atoms with van der Waals surface area (Å²) in [6.45, 7) is 1.95. The monoisotopic (exact) mass is 267 g/mol. The lowest BCUT2D eigenvalue weighted by molar-refractivity contribution is -0.113. The van der Waals surface area contributed by atoms with Gasteiger partial charge in [-0.2, -0.15) is 0 Å². The lowest BCUT2D eigenvalue weighted by Gasteiger charge is -1.97. The molecular formula is C11H10ClN3OS. The molecule has 2 aromatic rings. The van der Waals surface area contributed by atoms with E-state index in [1.807, 2.05) is 19.1 Å². The van der Waals surface area contributed by atoms with Crippen molar-refractivity contribution in [1.82, 2.24) is 9.97 Å². The van der Waals surface area contributed by atoms with Crippen molar-refractivity contribution in [2.24, 2.45) is 0 Å². The molecule has 6 heteroatoms. The van der Waals surface area contributed by atoms with Crippen LogP contribution in [0.25, 0.3) is 11.3 Å². The number of aryl methyl sites for hydroxylation is 1. The Balaban J connectivity index is 2.28. The molecular weight excluding hydrogens is 258 g/mol. The summed E-state index contributed by atoms with van der Waals surface area (Å²) in [5, 5.41) is 3.20. The number of hydrogen-bond acceptors (Lipinski definition) is 4. The topological polar surface area (TPSA) is 54.9 Å². The number of anilines is 1. The Kier molecular flexibility index (Phi) is 3.71. The van der Waals surface area contributed by atoms with Gasteiger partial charge in [-0.05, 0) is 19.1 Å². The lowest BCUT2D eigenvalue weighted by atomic mass is 10.2. The predicted molar refractivity (Wildman–Crippen MR) is 69.4 cm³/mol. The molecule has 2 rings (SSSR count). The number of halogens is 1. The van der Waals surface area contributed by atoms with Gasteiger partial charge in [-0.3, -0.25) is 9.78 Å². The zero-order valence-corrected chi connectivity index (χ0v) is 10.7. The molecule has 1 N–H and O–H groups in total. The van der Waals surface area contributed by atoms with Gasteiger partial charge in [-0.1, -0.05) is 0 Å². The van der Waals surface area contributed by atoms with Gasteiger partial charge < -0.3 is 5.32 Å². The first kappa shape index (κ1) is 12.0. The average molecular weight is 268 g/mol. The summed E-state index contributed by atoms with van der Waals surface area (Å²) in [7, 11) is 0. The summed E-state index contributed by atoms with van der Waals surface area (Å²) >= 11 is 6.84. The zero-order valence-electron chi connectivity index (χ0n) is 9.11. The van der Waals surface area contributed by atoms with Crippen molar-refractivity contribution in [3.63, 3.8) is 0 Å². The smallest absolute Gasteiger partial charge is 0.241 e. The van der Waals surface area contributed by atoms with Gasteiger partial charge in [-0.25, -0.2) is 4.98 Å². The standard InChI is InChI=1S/C11H10ClN3OS/c1-7-10(8-3-2-4-13-6-8)15-11(17-7)14-9(16)5-12/h2-4,6H,5H2,1H3,(H,14,15,16). The van der Waals surface area contributed by atoms with Crippen molar-refractivity contribution < 1.29 is 4.79 Å². The zero-order chi connectivity index (χ0) is 12.3. The predicted octanol–water partition coefficient (Wildman–Crippen LogP) is 2.69. The maximum absolute atomic E-state index is 11.1. The normalized spacial score (nSPS) is 10.2. The van der Waals surface area contributed by atoms with Crippen LogP contribution in [-0.2, 0) is 4.79 Å². The number of carbonyl (C=O) groups excluding carboxylic acids is 1. The number of nitrogens with one attached hydrogen (secondary N) is 1. The fraction of sp³-hybridized carbons (Fsp3) is 0.182. The molecule has 0 saturated heterocycles. The highest BCUT2D eigenvalue weighted by molar-refractivity contribution is 7.16. The van der Waals surface area contributed by atoms with Crippen LogP contribution in [0.4, 0.5) is 5.13 Å². The van der Waals surface area contributed by atoms with E-state index in [-0.39, 0.29) is 11.8 Å².